The van der Waals surface area contributed by atoms with Crippen LogP contribution in [0.25, 0.3) is 0 Å². The molecule has 7 nitrogen and oxygen atoms in total. The molecule has 1 atom stereocenters. The van der Waals surface area contributed by atoms with Crippen molar-refractivity contribution in [1.29, 1.82) is 0 Å². The normalized spacial score (nSPS) is 27.1. The van der Waals surface area contributed by atoms with Crippen LogP contribution in [0.1, 0.15) is 51.4 Å². The van der Waals surface area contributed by atoms with Gasteiger partial charge in [-0.15, -0.1) is 0 Å². The minimum Gasteiger partial charge on any atom is -0.376 e. The van der Waals surface area contributed by atoms with Crippen molar-refractivity contribution in [2.75, 3.05) is 19.7 Å². The van der Waals surface area contributed by atoms with Crippen molar-refractivity contribution in [2.24, 2.45) is 0 Å². The van der Waals surface area contributed by atoms with Gasteiger partial charge in [-0.25, -0.2) is 4.79 Å². The van der Waals surface area contributed by atoms with E-state index < -0.39 is 11.6 Å². The Hall–Kier alpha value is -1.63. The standard InChI is InChI=1S/C16H25N3O4/c20-13(17-10-12-6-5-9-23-12)11-19-14(21)16(18-15(19)22)7-3-1-2-4-8-16/h12H,1-11H2,(H,17,20)(H,18,22)/t12-/m0/s1. The molecule has 2 N–H and O–H groups in total. The van der Waals surface area contributed by atoms with E-state index in [2.05, 4.69) is 10.6 Å². The minimum atomic E-state index is -0.775. The summed E-state index contributed by atoms with van der Waals surface area (Å²) >= 11 is 0. The molecule has 4 amide bonds. The van der Waals surface area contributed by atoms with Crippen LogP contribution in [-0.4, -0.2) is 54.1 Å². The van der Waals surface area contributed by atoms with Gasteiger partial charge < -0.3 is 15.4 Å². The zero-order chi connectivity index (χ0) is 16.3. The van der Waals surface area contributed by atoms with Gasteiger partial charge in [0.2, 0.25) is 5.91 Å². The van der Waals surface area contributed by atoms with Crippen molar-refractivity contribution in [2.45, 2.75) is 63.0 Å². The summed E-state index contributed by atoms with van der Waals surface area (Å²) in [6.07, 6.45) is 7.39. The van der Waals surface area contributed by atoms with E-state index in [1.807, 2.05) is 0 Å². The molecule has 0 unspecified atom stereocenters. The van der Waals surface area contributed by atoms with Crippen molar-refractivity contribution in [3.8, 4) is 0 Å². The molecule has 0 radical (unpaired) electrons. The first-order valence-electron chi connectivity index (χ1n) is 8.63. The average Bonchev–Trinajstić information content (AvgIpc) is 3.04. The predicted molar refractivity (Wildman–Crippen MR) is 82.7 cm³/mol. The molecule has 1 aliphatic carbocycles. The topological polar surface area (TPSA) is 87.7 Å². The first-order valence-corrected chi connectivity index (χ1v) is 8.63. The Morgan fingerprint density at radius 1 is 1.22 bits per heavy atom. The Kier molecular flexibility index (Phi) is 4.84. The molecular weight excluding hydrogens is 298 g/mol. The fraction of sp³-hybridized carbons (Fsp3) is 0.812. The second kappa shape index (κ2) is 6.86. The molecule has 3 aliphatic rings. The number of hydrogen-bond donors (Lipinski definition) is 2. The third-order valence-corrected chi connectivity index (χ3v) is 5.06. The zero-order valence-electron chi connectivity index (χ0n) is 13.4. The molecule has 2 aliphatic heterocycles. The van der Waals surface area contributed by atoms with Crippen molar-refractivity contribution in [3.63, 3.8) is 0 Å². The van der Waals surface area contributed by atoms with Gasteiger partial charge in [-0.1, -0.05) is 25.7 Å². The number of urea groups is 1. The van der Waals surface area contributed by atoms with E-state index in [1.165, 1.54) is 0 Å². The zero-order valence-corrected chi connectivity index (χ0v) is 13.4. The highest BCUT2D eigenvalue weighted by Gasteiger charge is 2.51. The van der Waals surface area contributed by atoms with Gasteiger partial charge in [-0.3, -0.25) is 14.5 Å². The molecule has 0 aromatic carbocycles. The van der Waals surface area contributed by atoms with Crippen LogP contribution in [0.15, 0.2) is 0 Å². The summed E-state index contributed by atoms with van der Waals surface area (Å²) in [5.74, 6) is -0.550. The van der Waals surface area contributed by atoms with Gasteiger partial charge in [0.1, 0.15) is 12.1 Å². The summed E-state index contributed by atoms with van der Waals surface area (Å²) in [6.45, 7) is 0.961. The van der Waals surface area contributed by atoms with Gasteiger partial charge in [0.15, 0.2) is 0 Å². The van der Waals surface area contributed by atoms with E-state index in [9.17, 15) is 14.4 Å². The van der Waals surface area contributed by atoms with Crippen LogP contribution in [-0.2, 0) is 14.3 Å². The first kappa shape index (κ1) is 16.2. The summed E-state index contributed by atoms with van der Waals surface area (Å²) in [6, 6.07) is -0.441. The van der Waals surface area contributed by atoms with Crippen molar-refractivity contribution in [1.82, 2.24) is 15.5 Å². The number of ether oxygens (including phenoxy) is 1. The van der Waals surface area contributed by atoms with Crippen LogP contribution in [0.3, 0.4) is 0 Å². The number of amides is 4. The second-order valence-corrected chi connectivity index (χ2v) is 6.76. The number of carbonyl (C=O) groups excluding carboxylic acids is 3. The van der Waals surface area contributed by atoms with Crippen LogP contribution >= 0.6 is 0 Å². The molecule has 0 aromatic heterocycles. The molecular formula is C16H25N3O4. The molecule has 3 fully saturated rings. The van der Waals surface area contributed by atoms with Crippen molar-refractivity contribution >= 4 is 17.8 Å². The highest BCUT2D eigenvalue weighted by atomic mass is 16.5. The maximum absolute atomic E-state index is 12.7. The number of carbonyl (C=O) groups is 3. The Morgan fingerprint density at radius 2 is 1.96 bits per heavy atom. The summed E-state index contributed by atoms with van der Waals surface area (Å²) in [7, 11) is 0. The van der Waals surface area contributed by atoms with Crippen LogP contribution < -0.4 is 10.6 Å². The van der Waals surface area contributed by atoms with Crippen molar-refractivity contribution < 1.29 is 19.1 Å². The lowest BCUT2D eigenvalue weighted by Gasteiger charge is -2.24. The largest absolute Gasteiger partial charge is 0.376 e. The Morgan fingerprint density at radius 3 is 2.61 bits per heavy atom. The molecule has 7 heteroatoms. The first-order chi connectivity index (χ1) is 11.1. The van der Waals surface area contributed by atoms with Gasteiger partial charge in [0.25, 0.3) is 5.91 Å². The molecule has 0 aromatic rings. The maximum Gasteiger partial charge on any atom is 0.325 e. The Labute approximate surface area is 136 Å². The van der Waals surface area contributed by atoms with Gasteiger partial charge in [0, 0.05) is 13.2 Å². The molecule has 2 saturated heterocycles. The van der Waals surface area contributed by atoms with E-state index in [1.54, 1.807) is 0 Å². The predicted octanol–water partition coefficient (Wildman–Crippen LogP) is 0.926. The lowest BCUT2D eigenvalue weighted by atomic mass is 9.90. The fourth-order valence-corrected chi connectivity index (χ4v) is 3.72. The average molecular weight is 323 g/mol. The lowest BCUT2D eigenvalue weighted by Crippen LogP contribution is -2.47. The van der Waals surface area contributed by atoms with E-state index in [0.29, 0.717) is 19.4 Å². The summed E-state index contributed by atoms with van der Waals surface area (Å²) in [4.78, 5) is 37.9. The number of nitrogens with one attached hydrogen (secondary N) is 2. The third kappa shape index (κ3) is 3.49. The maximum atomic E-state index is 12.7. The highest BCUT2D eigenvalue weighted by molar-refractivity contribution is 6.09. The molecule has 128 valence electrons. The van der Waals surface area contributed by atoms with E-state index >= 15 is 0 Å². The van der Waals surface area contributed by atoms with Crippen LogP contribution in [0.5, 0.6) is 0 Å². The van der Waals surface area contributed by atoms with Gasteiger partial charge in [0.05, 0.1) is 6.10 Å². The van der Waals surface area contributed by atoms with Crippen LogP contribution in [0, 0.1) is 0 Å². The number of hydrogen-bond acceptors (Lipinski definition) is 4. The molecule has 1 saturated carbocycles. The lowest BCUT2D eigenvalue weighted by molar-refractivity contribution is -0.135. The molecule has 0 bridgehead atoms. The smallest absolute Gasteiger partial charge is 0.325 e. The van der Waals surface area contributed by atoms with Crippen LogP contribution in [0.4, 0.5) is 4.79 Å². The monoisotopic (exact) mass is 323 g/mol. The molecule has 1 spiro atoms. The summed E-state index contributed by atoms with van der Waals surface area (Å²) < 4.78 is 5.44. The summed E-state index contributed by atoms with van der Waals surface area (Å²) in [5, 5.41) is 5.60. The fourth-order valence-electron chi connectivity index (χ4n) is 3.72. The summed E-state index contributed by atoms with van der Waals surface area (Å²) in [5.41, 5.74) is -0.775. The Bertz CT molecular complexity index is 480. The Balaban J connectivity index is 1.55. The number of imide groups is 1. The van der Waals surface area contributed by atoms with Crippen molar-refractivity contribution in [3.05, 3.63) is 0 Å². The number of nitrogens with zero attached hydrogens (tertiary/aromatic N) is 1. The molecule has 2 heterocycles. The van der Waals surface area contributed by atoms with Gasteiger partial charge in [-0.2, -0.15) is 0 Å². The highest BCUT2D eigenvalue weighted by Crippen LogP contribution is 2.32. The van der Waals surface area contributed by atoms with E-state index in [0.717, 1.165) is 50.0 Å². The van der Waals surface area contributed by atoms with Gasteiger partial charge >= 0.3 is 6.03 Å². The van der Waals surface area contributed by atoms with E-state index in [4.69, 9.17) is 4.74 Å². The second-order valence-electron chi connectivity index (χ2n) is 6.76. The van der Waals surface area contributed by atoms with Crippen LogP contribution in [0.2, 0.25) is 0 Å². The molecule has 23 heavy (non-hydrogen) atoms. The SMILES string of the molecule is O=C(CN1C(=O)NC2(CCCCCC2)C1=O)NC[C@@H]1CCCO1. The van der Waals surface area contributed by atoms with E-state index in [-0.39, 0.29) is 24.5 Å². The minimum absolute atomic E-state index is 0.0512. The molecule has 3 rings (SSSR count). The quantitative estimate of drug-likeness (QED) is 0.753. The van der Waals surface area contributed by atoms with Gasteiger partial charge in [-0.05, 0) is 25.7 Å². The number of rotatable bonds is 4. The third-order valence-electron chi connectivity index (χ3n) is 5.06.